The SMILES string of the molecule is C[C@H]1Nc2ncnc3c2cc(N2CCS(=O)(=O)CC2)c(=O)n3CCCCCC2CCC(CC2)CCC(F)(F)c2cccc1c2. The van der Waals surface area contributed by atoms with Gasteiger partial charge in [-0.2, -0.15) is 0 Å². The first-order valence-corrected chi connectivity index (χ1v) is 18.0. The summed E-state index contributed by atoms with van der Waals surface area (Å²) in [4.78, 5) is 24.8. The molecule has 2 fully saturated rings. The van der Waals surface area contributed by atoms with Crippen LogP contribution in [0.25, 0.3) is 11.0 Å². The van der Waals surface area contributed by atoms with Crippen LogP contribution in [0, 0.1) is 11.8 Å². The number of anilines is 2. The number of halogens is 2. The van der Waals surface area contributed by atoms with Gasteiger partial charge in [-0.3, -0.25) is 9.36 Å². The molecule has 3 aromatic rings. The minimum absolute atomic E-state index is 0.000790. The van der Waals surface area contributed by atoms with E-state index in [4.69, 9.17) is 0 Å². The van der Waals surface area contributed by atoms with Crippen molar-refractivity contribution < 1.29 is 17.2 Å². The average Bonchev–Trinajstić information content (AvgIpc) is 3.01. The molecule has 8 bridgehead atoms. The molecule has 1 aliphatic carbocycles. The molecule has 2 aromatic heterocycles. The van der Waals surface area contributed by atoms with Gasteiger partial charge in [0.2, 0.25) is 0 Å². The molecule has 7 rings (SSSR count). The van der Waals surface area contributed by atoms with Crippen molar-refractivity contribution >= 4 is 32.4 Å². The molecule has 1 N–H and O–H groups in total. The predicted octanol–water partition coefficient (Wildman–Crippen LogP) is 6.45. The molecule has 3 aliphatic heterocycles. The molecule has 8 nitrogen and oxygen atoms in total. The fraction of sp³-hybridized carbons (Fsp3) is 0.606. The number of pyridine rings is 1. The van der Waals surface area contributed by atoms with Crippen molar-refractivity contribution in [2.75, 3.05) is 34.8 Å². The molecule has 4 aliphatic rings. The number of nitrogens with zero attached hydrogens (tertiary/aromatic N) is 4. The number of hydrogen-bond donors (Lipinski definition) is 1. The van der Waals surface area contributed by atoms with Crippen molar-refractivity contribution in [1.82, 2.24) is 14.5 Å². The minimum atomic E-state index is -3.13. The molecule has 0 spiro atoms. The van der Waals surface area contributed by atoms with E-state index in [0.717, 1.165) is 56.9 Å². The summed E-state index contributed by atoms with van der Waals surface area (Å²) in [5, 5.41) is 4.05. The van der Waals surface area contributed by atoms with Crippen LogP contribution in [0.1, 0.15) is 88.3 Å². The second-order valence-corrected chi connectivity index (χ2v) is 15.4. The Morgan fingerprint density at radius 3 is 2.39 bits per heavy atom. The van der Waals surface area contributed by atoms with Crippen molar-refractivity contribution in [2.45, 2.75) is 89.6 Å². The Kier molecular flexibility index (Phi) is 8.95. The van der Waals surface area contributed by atoms with E-state index in [9.17, 15) is 13.2 Å². The fourth-order valence-corrected chi connectivity index (χ4v) is 8.41. The Bertz CT molecular complexity index is 1640. The smallest absolute Gasteiger partial charge is 0.275 e. The normalized spacial score (nSPS) is 26.2. The van der Waals surface area contributed by atoms with Gasteiger partial charge in [-0.15, -0.1) is 0 Å². The van der Waals surface area contributed by atoms with E-state index in [1.807, 2.05) is 17.9 Å². The number of alkyl halides is 2. The molecule has 1 saturated heterocycles. The highest BCUT2D eigenvalue weighted by Crippen LogP contribution is 2.40. The molecule has 0 amide bonds. The highest BCUT2D eigenvalue weighted by atomic mass is 32.2. The summed E-state index contributed by atoms with van der Waals surface area (Å²) in [5.41, 5.74) is 1.52. The van der Waals surface area contributed by atoms with Crippen LogP contribution in [-0.2, 0) is 22.3 Å². The Hall–Kier alpha value is -3.08. The van der Waals surface area contributed by atoms with E-state index in [1.54, 1.807) is 22.8 Å². The lowest BCUT2D eigenvalue weighted by molar-refractivity contribution is -0.0211. The van der Waals surface area contributed by atoms with Crippen LogP contribution in [0.4, 0.5) is 20.3 Å². The highest BCUT2D eigenvalue weighted by Gasteiger charge is 2.34. The quantitative estimate of drug-likeness (QED) is 0.331. The molecule has 0 unspecified atom stereocenters. The Morgan fingerprint density at radius 1 is 0.909 bits per heavy atom. The third kappa shape index (κ3) is 6.77. The Morgan fingerprint density at radius 2 is 1.64 bits per heavy atom. The number of nitrogens with one attached hydrogen (secondary N) is 1. The second kappa shape index (κ2) is 12.7. The lowest BCUT2D eigenvalue weighted by atomic mass is 9.77. The zero-order valence-corrected chi connectivity index (χ0v) is 26.3. The van der Waals surface area contributed by atoms with Gasteiger partial charge < -0.3 is 10.2 Å². The van der Waals surface area contributed by atoms with Gasteiger partial charge in [0, 0.05) is 37.7 Å². The zero-order valence-electron chi connectivity index (χ0n) is 25.5. The maximum absolute atomic E-state index is 15.5. The van der Waals surface area contributed by atoms with Crippen LogP contribution in [0.3, 0.4) is 0 Å². The molecule has 1 aromatic carbocycles. The van der Waals surface area contributed by atoms with E-state index in [0.29, 0.717) is 47.3 Å². The molecule has 0 radical (unpaired) electrons. The van der Waals surface area contributed by atoms with E-state index < -0.39 is 15.8 Å². The first kappa shape index (κ1) is 30.9. The van der Waals surface area contributed by atoms with Crippen LogP contribution in [0.15, 0.2) is 41.5 Å². The predicted molar refractivity (Wildman–Crippen MR) is 170 cm³/mol. The summed E-state index contributed by atoms with van der Waals surface area (Å²) >= 11 is 0. The molecular formula is C33H43F2N5O3S. The van der Waals surface area contributed by atoms with Crippen LogP contribution in [0.5, 0.6) is 0 Å². The number of fused-ring (bicyclic) bond motifs is 9. The van der Waals surface area contributed by atoms with E-state index in [1.165, 1.54) is 12.4 Å². The van der Waals surface area contributed by atoms with Gasteiger partial charge in [-0.25, -0.2) is 27.2 Å². The van der Waals surface area contributed by atoms with Crippen LogP contribution >= 0.6 is 0 Å². The van der Waals surface area contributed by atoms with E-state index in [2.05, 4.69) is 15.3 Å². The van der Waals surface area contributed by atoms with Gasteiger partial charge in [-0.05, 0) is 49.3 Å². The highest BCUT2D eigenvalue weighted by molar-refractivity contribution is 7.91. The molecule has 11 heteroatoms. The molecule has 238 valence electrons. The lowest BCUT2D eigenvalue weighted by Gasteiger charge is -2.30. The number of hydrogen-bond acceptors (Lipinski definition) is 7. The Labute approximate surface area is 258 Å². The Balaban J connectivity index is 1.38. The van der Waals surface area contributed by atoms with Crippen molar-refractivity contribution in [3.05, 3.63) is 58.1 Å². The molecule has 1 atom stereocenters. The van der Waals surface area contributed by atoms with E-state index in [-0.39, 0.29) is 48.2 Å². The molecular weight excluding hydrogens is 584 g/mol. The van der Waals surface area contributed by atoms with Crippen molar-refractivity contribution in [1.29, 1.82) is 0 Å². The summed E-state index contributed by atoms with van der Waals surface area (Å²) in [6.45, 7) is 2.91. The molecule has 5 heterocycles. The van der Waals surface area contributed by atoms with Crippen LogP contribution < -0.4 is 15.8 Å². The van der Waals surface area contributed by atoms with Gasteiger partial charge >= 0.3 is 0 Å². The first-order valence-electron chi connectivity index (χ1n) is 16.2. The third-order valence-corrected chi connectivity index (χ3v) is 11.6. The number of aryl methyl sites for hydroxylation is 1. The van der Waals surface area contributed by atoms with Crippen molar-refractivity contribution in [3.8, 4) is 0 Å². The maximum Gasteiger partial charge on any atom is 0.275 e. The summed E-state index contributed by atoms with van der Waals surface area (Å²) < 4.78 is 56.9. The lowest BCUT2D eigenvalue weighted by Crippen LogP contribution is -2.43. The topological polar surface area (TPSA) is 97.2 Å². The number of rotatable bonds is 1. The molecule has 1 saturated carbocycles. The third-order valence-electron chi connectivity index (χ3n) is 10.0. The molecule has 44 heavy (non-hydrogen) atoms. The fourth-order valence-electron chi connectivity index (χ4n) is 7.21. The van der Waals surface area contributed by atoms with Gasteiger partial charge in [0.25, 0.3) is 11.5 Å². The van der Waals surface area contributed by atoms with Crippen molar-refractivity contribution in [2.24, 2.45) is 11.8 Å². The minimum Gasteiger partial charge on any atom is -0.365 e. The van der Waals surface area contributed by atoms with E-state index >= 15 is 8.78 Å². The van der Waals surface area contributed by atoms with Crippen LogP contribution in [-0.4, -0.2) is 47.5 Å². The number of aromatic nitrogens is 3. The largest absolute Gasteiger partial charge is 0.365 e. The van der Waals surface area contributed by atoms with Crippen molar-refractivity contribution in [3.63, 3.8) is 0 Å². The van der Waals surface area contributed by atoms with Gasteiger partial charge in [0.1, 0.15) is 23.5 Å². The maximum atomic E-state index is 15.5. The standard InChI is InChI=1S/C33H43F2N5O3S/c1-23-26-7-5-8-27(20-26)33(34,35)14-13-25-11-9-24(10-12-25)6-3-2-4-15-40-31-28(30(38-23)36-22-37-31)21-29(32(40)41)39-16-18-44(42,43)19-17-39/h5,7-8,20-25H,2-4,6,9-19H2,1H3,(H,36,37,38)/t23-,24?,25?/m1/s1. The summed E-state index contributed by atoms with van der Waals surface area (Å²) in [6.07, 6.45) is 10.1. The monoisotopic (exact) mass is 627 g/mol. The number of sulfone groups is 1. The first-order chi connectivity index (χ1) is 21.1. The second-order valence-electron chi connectivity index (χ2n) is 13.1. The summed E-state index contributed by atoms with van der Waals surface area (Å²) in [5.74, 6) is -1.40. The average molecular weight is 628 g/mol. The summed E-state index contributed by atoms with van der Waals surface area (Å²) in [6, 6.07) is 8.06. The summed E-state index contributed by atoms with van der Waals surface area (Å²) in [7, 11) is -3.13. The van der Waals surface area contributed by atoms with Gasteiger partial charge in [0.05, 0.1) is 16.9 Å². The zero-order chi connectivity index (χ0) is 30.9. The van der Waals surface area contributed by atoms with Crippen LogP contribution in [0.2, 0.25) is 0 Å². The van der Waals surface area contributed by atoms with Gasteiger partial charge in [0.15, 0.2) is 9.84 Å². The number of benzene rings is 1. The van der Waals surface area contributed by atoms with Gasteiger partial charge in [-0.1, -0.05) is 63.1 Å².